The molecule has 1 amide bonds. The molecule has 0 fully saturated rings. The molecule has 2 aromatic carbocycles. The van der Waals surface area contributed by atoms with Crippen LogP contribution in [0.1, 0.15) is 10.5 Å². The van der Waals surface area contributed by atoms with Crippen LogP contribution in [0, 0.1) is 0 Å². The summed E-state index contributed by atoms with van der Waals surface area (Å²) in [6, 6.07) is 18.7. The van der Waals surface area contributed by atoms with E-state index in [1.165, 1.54) is 0 Å². The zero-order valence-corrected chi connectivity index (χ0v) is 14.3. The highest BCUT2D eigenvalue weighted by Crippen LogP contribution is 2.31. The molecule has 0 spiro atoms. The topological polar surface area (TPSA) is 64.8 Å². The van der Waals surface area contributed by atoms with Crippen LogP contribution < -0.4 is 9.47 Å². The van der Waals surface area contributed by atoms with Gasteiger partial charge in [0.1, 0.15) is 6.61 Å². The summed E-state index contributed by atoms with van der Waals surface area (Å²) in [6.45, 7) is 0.781. The Bertz CT molecular complexity index is 907. The number of hydrogen-bond acceptors (Lipinski definition) is 5. The molecule has 26 heavy (non-hydrogen) atoms. The van der Waals surface area contributed by atoms with Crippen LogP contribution in [0.15, 0.2) is 65.2 Å². The van der Waals surface area contributed by atoms with Gasteiger partial charge in [-0.1, -0.05) is 47.6 Å². The number of hydrogen-bond donors (Lipinski definition) is 0. The zero-order valence-electron chi connectivity index (χ0n) is 14.3. The number of para-hydroxylation sites is 2. The fraction of sp³-hybridized carbons (Fsp3) is 0.200. The van der Waals surface area contributed by atoms with Crippen LogP contribution >= 0.6 is 0 Å². The van der Waals surface area contributed by atoms with E-state index in [0.717, 1.165) is 11.3 Å². The van der Waals surface area contributed by atoms with Gasteiger partial charge >= 0.3 is 0 Å². The number of carbonyl (C=O) groups is 1. The second-order valence-corrected chi connectivity index (χ2v) is 6.13. The number of rotatable bonds is 4. The average Bonchev–Trinajstić information content (AvgIpc) is 3.18. The Labute approximate surface area is 150 Å². The first-order valence-corrected chi connectivity index (χ1v) is 8.37. The van der Waals surface area contributed by atoms with Crippen molar-refractivity contribution in [1.82, 2.24) is 10.1 Å². The molecule has 0 bridgehead atoms. The monoisotopic (exact) mass is 350 g/mol. The summed E-state index contributed by atoms with van der Waals surface area (Å²) < 4.78 is 16.9. The normalized spacial score (nSPS) is 15.5. The number of nitrogens with zero attached hydrogens (tertiary/aromatic N) is 2. The molecule has 0 saturated carbocycles. The van der Waals surface area contributed by atoms with E-state index in [1.807, 2.05) is 54.6 Å². The predicted molar refractivity (Wildman–Crippen MR) is 95.3 cm³/mol. The molecule has 3 aromatic rings. The average molecular weight is 350 g/mol. The fourth-order valence-corrected chi connectivity index (χ4v) is 2.85. The van der Waals surface area contributed by atoms with E-state index >= 15 is 0 Å². The van der Waals surface area contributed by atoms with E-state index in [0.29, 0.717) is 24.7 Å². The first-order chi connectivity index (χ1) is 12.7. The number of likely N-dealkylation sites (N-methyl/N-ethyl adjacent to an activating group) is 1. The molecule has 1 aliphatic rings. The highest BCUT2D eigenvalue weighted by molar-refractivity contribution is 5.93. The van der Waals surface area contributed by atoms with E-state index in [2.05, 4.69) is 5.16 Å². The van der Waals surface area contributed by atoms with Crippen molar-refractivity contribution < 1.29 is 18.8 Å². The third-order valence-electron chi connectivity index (χ3n) is 4.18. The standard InChI is InChI=1S/C20H18N2O4/c1-22(12-15-13-24-17-9-5-6-10-18(17)25-15)20(23)16-11-19(26-21-16)14-7-3-2-4-8-14/h2-11,15H,12-13H2,1H3/t15-/m1/s1. The van der Waals surface area contributed by atoms with Crippen molar-refractivity contribution in [2.75, 3.05) is 20.2 Å². The summed E-state index contributed by atoms with van der Waals surface area (Å²) in [4.78, 5) is 14.2. The lowest BCUT2D eigenvalue weighted by Gasteiger charge is -2.29. The number of amides is 1. The van der Waals surface area contributed by atoms with Crippen molar-refractivity contribution in [3.8, 4) is 22.8 Å². The summed E-state index contributed by atoms with van der Waals surface area (Å²) in [5.74, 6) is 1.76. The van der Waals surface area contributed by atoms with Gasteiger partial charge in [-0.25, -0.2) is 0 Å². The fourth-order valence-electron chi connectivity index (χ4n) is 2.85. The molecule has 6 heteroatoms. The van der Waals surface area contributed by atoms with Crippen LogP contribution in [0.3, 0.4) is 0 Å². The first-order valence-electron chi connectivity index (χ1n) is 8.37. The molecule has 132 valence electrons. The lowest BCUT2D eigenvalue weighted by molar-refractivity contribution is 0.0515. The molecule has 2 heterocycles. The molecule has 1 atom stereocenters. The van der Waals surface area contributed by atoms with Crippen molar-refractivity contribution in [1.29, 1.82) is 0 Å². The van der Waals surface area contributed by atoms with Crippen LogP contribution in [0.5, 0.6) is 11.5 Å². The zero-order chi connectivity index (χ0) is 17.9. The molecule has 6 nitrogen and oxygen atoms in total. The summed E-state index contributed by atoms with van der Waals surface area (Å²) in [7, 11) is 1.71. The highest BCUT2D eigenvalue weighted by Gasteiger charge is 2.25. The molecule has 0 unspecified atom stereocenters. The van der Waals surface area contributed by atoms with Crippen LogP contribution in [0.4, 0.5) is 0 Å². The quantitative estimate of drug-likeness (QED) is 0.723. The number of fused-ring (bicyclic) bond motifs is 1. The third kappa shape index (κ3) is 3.26. The summed E-state index contributed by atoms with van der Waals surface area (Å²) in [5.41, 5.74) is 1.14. The minimum Gasteiger partial charge on any atom is -0.486 e. The van der Waals surface area contributed by atoms with E-state index in [4.69, 9.17) is 14.0 Å². The Kier molecular flexibility index (Phi) is 4.31. The maximum atomic E-state index is 12.6. The molecule has 0 N–H and O–H groups in total. The van der Waals surface area contributed by atoms with Crippen LogP contribution in [-0.4, -0.2) is 42.3 Å². The van der Waals surface area contributed by atoms with Crippen molar-refractivity contribution in [3.63, 3.8) is 0 Å². The number of ether oxygens (including phenoxy) is 2. The Morgan fingerprint density at radius 3 is 2.65 bits per heavy atom. The van der Waals surface area contributed by atoms with Gasteiger partial charge in [0.05, 0.1) is 6.54 Å². The molecular formula is C20H18N2O4. The molecule has 1 aliphatic heterocycles. The van der Waals surface area contributed by atoms with Crippen LogP contribution in [-0.2, 0) is 0 Å². The number of benzene rings is 2. The Morgan fingerprint density at radius 2 is 1.85 bits per heavy atom. The van der Waals surface area contributed by atoms with Gasteiger partial charge in [0, 0.05) is 18.7 Å². The predicted octanol–water partition coefficient (Wildman–Crippen LogP) is 3.25. The van der Waals surface area contributed by atoms with E-state index < -0.39 is 0 Å². The van der Waals surface area contributed by atoms with E-state index in [-0.39, 0.29) is 17.7 Å². The molecule has 1 aromatic heterocycles. The molecule has 0 radical (unpaired) electrons. The second kappa shape index (κ2) is 6.92. The maximum Gasteiger partial charge on any atom is 0.275 e. The van der Waals surface area contributed by atoms with E-state index in [1.54, 1.807) is 18.0 Å². The Hall–Kier alpha value is -3.28. The Balaban J connectivity index is 1.42. The lowest BCUT2D eigenvalue weighted by Crippen LogP contribution is -2.41. The van der Waals surface area contributed by atoms with Crippen molar-refractivity contribution in [2.45, 2.75) is 6.10 Å². The third-order valence-corrected chi connectivity index (χ3v) is 4.18. The van der Waals surface area contributed by atoms with Crippen LogP contribution in [0.2, 0.25) is 0 Å². The van der Waals surface area contributed by atoms with Gasteiger partial charge in [0.25, 0.3) is 5.91 Å². The minimum atomic E-state index is -0.237. The molecular weight excluding hydrogens is 332 g/mol. The highest BCUT2D eigenvalue weighted by atomic mass is 16.6. The van der Waals surface area contributed by atoms with Gasteiger partial charge in [-0.05, 0) is 12.1 Å². The largest absolute Gasteiger partial charge is 0.486 e. The second-order valence-electron chi connectivity index (χ2n) is 6.13. The SMILES string of the molecule is CN(C[C@@H]1COc2ccccc2O1)C(=O)c1cc(-c2ccccc2)on1. The number of aromatic nitrogens is 1. The van der Waals surface area contributed by atoms with Gasteiger partial charge in [0.2, 0.25) is 0 Å². The van der Waals surface area contributed by atoms with Crippen molar-refractivity contribution in [2.24, 2.45) is 0 Å². The van der Waals surface area contributed by atoms with E-state index in [9.17, 15) is 4.79 Å². The molecule has 0 aliphatic carbocycles. The summed E-state index contributed by atoms with van der Waals surface area (Å²) in [5, 5.41) is 3.90. The Morgan fingerprint density at radius 1 is 1.12 bits per heavy atom. The smallest absolute Gasteiger partial charge is 0.275 e. The summed E-state index contributed by atoms with van der Waals surface area (Å²) in [6.07, 6.45) is -0.237. The van der Waals surface area contributed by atoms with Gasteiger partial charge in [0.15, 0.2) is 29.1 Å². The first kappa shape index (κ1) is 16.2. The summed E-state index contributed by atoms with van der Waals surface area (Å²) >= 11 is 0. The van der Waals surface area contributed by atoms with Gasteiger partial charge in [-0.2, -0.15) is 0 Å². The number of carbonyl (C=O) groups excluding carboxylic acids is 1. The van der Waals surface area contributed by atoms with Gasteiger partial charge < -0.3 is 18.9 Å². The van der Waals surface area contributed by atoms with Crippen molar-refractivity contribution in [3.05, 3.63) is 66.4 Å². The van der Waals surface area contributed by atoms with Crippen molar-refractivity contribution >= 4 is 5.91 Å². The van der Waals surface area contributed by atoms with Gasteiger partial charge in [-0.3, -0.25) is 4.79 Å². The maximum absolute atomic E-state index is 12.6. The molecule has 0 saturated heterocycles. The molecule has 4 rings (SSSR count). The van der Waals surface area contributed by atoms with Gasteiger partial charge in [-0.15, -0.1) is 0 Å². The minimum absolute atomic E-state index is 0.224. The van der Waals surface area contributed by atoms with Crippen LogP contribution in [0.25, 0.3) is 11.3 Å². The lowest BCUT2D eigenvalue weighted by atomic mass is 10.1.